The molecule has 0 spiro atoms. The molecule has 0 aliphatic heterocycles. The van der Waals surface area contributed by atoms with Crippen LogP contribution >= 0.6 is 0 Å². The molecule has 4 nitrogen and oxygen atoms in total. The maximum absolute atomic E-state index is 13.4. The van der Waals surface area contributed by atoms with Crippen LogP contribution in [0.25, 0.3) is 0 Å². The first-order valence-electron chi connectivity index (χ1n) is 7.47. The fourth-order valence-electron chi connectivity index (χ4n) is 2.34. The van der Waals surface area contributed by atoms with Gasteiger partial charge in [0, 0.05) is 7.11 Å². The van der Waals surface area contributed by atoms with E-state index >= 15 is 0 Å². The summed E-state index contributed by atoms with van der Waals surface area (Å²) < 4.78 is 31.4. The Morgan fingerprint density at radius 3 is 2.46 bits per heavy atom. The molecule has 0 heterocycles. The van der Waals surface area contributed by atoms with Gasteiger partial charge in [-0.25, -0.2) is 8.78 Å². The Balaban J connectivity index is 2.04. The lowest BCUT2D eigenvalue weighted by atomic mass is 10.0. The Morgan fingerprint density at radius 1 is 1.12 bits per heavy atom. The zero-order chi connectivity index (χ0) is 17.5. The molecular formula is C18H19F2NO3. The van der Waals surface area contributed by atoms with Crippen molar-refractivity contribution in [2.45, 2.75) is 18.6 Å². The molecule has 0 saturated heterocycles. The summed E-state index contributed by atoms with van der Waals surface area (Å²) in [5, 5.41) is 12.8. The van der Waals surface area contributed by atoms with Crippen molar-refractivity contribution in [3.8, 4) is 0 Å². The summed E-state index contributed by atoms with van der Waals surface area (Å²) >= 11 is 0. The van der Waals surface area contributed by atoms with Gasteiger partial charge < -0.3 is 15.2 Å². The van der Waals surface area contributed by atoms with E-state index in [1.807, 2.05) is 6.07 Å². The number of hydrogen-bond donors (Lipinski definition) is 2. The second kappa shape index (κ2) is 8.52. The van der Waals surface area contributed by atoms with Crippen molar-refractivity contribution in [2.75, 3.05) is 13.7 Å². The van der Waals surface area contributed by atoms with Crippen LogP contribution in [0.1, 0.15) is 29.7 Å². The van der Waals surface area contributed by atoms with Crippen LogP contribution in [0.4, 0.5) is 8.78 Å². The van der Waals surface area contributed by atoms with Crippen LogP contribution in [0.5, 0.6) is 0 Å². The Hall–Kier alpha value is -2.31. The van der Waals surface area contributed by atoms with Gasteiger partial charge in [0.2, 0.25) is 5.91 Å². The lowest BCUT2D eigenvalue weighted by molar-refractivity contribution is -0.124. The topological polar surface area (TPSA) is 58.6 Å². The zero-order valence-corrected chi connectivity index (χ0v) is 13.2. The van der Waals surface area contributed by atoms with Crippen LogP contribution in [0.2, 0.25) is 0 Å². The largest absolute Gasteiger partial charge is 0.388 e. The molecule has 0 saturated carbocycles. The van der Waals surface area contributed by atoms with Crippen molar-refractivity contribution in [2.24, 2.45) is 0 Å². The van der Waals surface area contributed by atoms with Crippen molar-refractivity contribution in [3.05, 3.63) is 71.3 Å². The molecule has 2 N–H and O–H groups in total. The number of methoxy groups -OCH3 is 1. The highest BCUT2D eigenvalue weighted by Gasteiger charge is 2.19. The van der Waals surface area contributed by atoms with Crippen LogP contribution in [0, 0.1) is 11.6 Å². The molecule has 0 aromatic heterocycles. The molecule has 0 aliphatic carbocycles. The molecule has 0 aliphatic rings. The maximum Gasteiger partial charge on any atom is 0.223 e. The van der Waals surface area contributed by atoms with Crippen LogP contribution in [-0.2, 0) is 9.53 Å². The molecule has 2 aromatic carbocycles. The maximum atomic E-state index is 13.4. The van der Waals surface area contributed by atoms with E-state index in [1.54, 1.807) is 24.3 Å². The second-order valence-electron chi connectivity index (χ2n) is 5.38. The van der Waals surface area contributed by atoms with Gasteiger partial charge in [-0.3, -0.25) is 4.79 Å². The molecule has 128 valence electrons. The third kappa shape index (κ3) is 4.84. The van der Waals surface area contributed by atoms with Crippen LogP contribution < -0.4 is 5.32 Å². The highest BCUT2D eigenvalue weighted by atomic mass is 19.2. The molecule has 2 atom stereocenters. The number of amides is 1. The van der Waals surface area contributed by atoms with Crippen molar-refractivity contribution in [1.29, 1.82) is 0 Å². The smallest absolute Gasteiger partial charge is 0.223 e. The van der Waals surface area contributed by atoms with E-state index < -0.39 is 29.7 Å². The van der Waals surface area contributed by atoms with Gasteiger partial charge in [-0.15, -0.1) is 0 Å². The predicted octanol–water partition coefficient (Wildman–Crippen LogP) is 2.89. The summed E-state index contributed by atoms with van der Waals surface area (Å²) in [5.74, 6) is -2.37. The standard InChI is InChI=1S/C18H19F2NO3/c1-24-11-16(13-7-8-14(19)15(20)9-13)21-18(23)10-17(22)12-5-3-2-4-6-12/h2-9,16-17,22H,10-11H2,1H3,(H,21,23). The second-order valence-corrected chi connectivity index (χ2v) is 5.38. The third-order valence-corrected chi connectivity index (χ3v) is 3.58. The van der Waals surface area contributed by atoms with E-state index in [4.69, 9.17) is 4.74 Å². The SMILES string of the molecule is COCC(NC(=O)CC(O)c1ccccc1)c1ccc(F)c(F)c1. The number of rotatable bonds is 7. The summed E-state index contributed by atoms with van der Waals surface area (Å²) in [4.78, 5) is 12.1. The average Bonchev–Trinajstić information content (AvgIpc) is 2.57. The number of aliphatic hydroxyl groups excluding tert-OH is 1. The highest BCUT2D eigenvalue weighted by molar-refractivity contribution is 5.77. The summed E-state index contributed by atoms with van der Waals surface area (Å²) in [5.41, 5.74) is 1.02. The minimum atomic E-state index is -0.993. The van der Waals surface area contributed by atoms with Crippen molar-refractivity contribution in [3.63, 3.8) is 0 Å². The summed E-state index contributed by atoms with van der Waals surface area (Å²) in [6, 6.07) is 11.6. The first kappa shape index (κ1) is 18.0. The van der Waals surface area contributed by atoms with E-state index in [-0.39, 0.29) is 13.0 Å². The summed E-state index contributed by atoms with van der Waals surface area (Å²) in [7, 11) is 1.44. The Labute approximate surface area is 139 Å². The van der Waals surface area contributed by atoms with Gasteiger partial charge in [-0.1, -0.05) is 36.4 Å². The molecule has 0 fully saturated rings. The lowest BCUT2D eigenvalue weighted by Crippen LogP contribution is -2.32. The Morgan fingerprint density at radius 2 is 1.83 bits per heavy atom. The molecule has 2 unspecified atom stereocenters. The monoisotopic (exact) mass is 335 g/mol. The number of carbonyl (C=O) groups excluding carboxylic acids is 1. The minimum absolute atomic E-state index is 0.0955. The lowest BCUT2D eigenvalue weighted by Gasteiger charge is -2.20. The number of benzene rings is 2. The molecule has 2 rings (SSSR count). The van der Waals surface area contributed by atoms with Crippen LogP contribution in [-0.4, -0.2) is 24.7 Å². The Kier molecular flexibility index (Phi) is 6.40. The molecule has 24 heavy (non-hydrogen) atoms. The number of halogens is 2. The van der Waals surface area contributed by atoms with Crippen LogP contribution in [0.15, 0.2) is 48.5 Å². The fraction of sp³-hybridized carbons (Fsp3) is 0.278. The first-order chi connectivity index (χ1) is 11.5. The minimum Gasteiger partial charge on any atom is -0.388 e. The summed E-state index contributed by atoms with van der Waals surface area (Å²) in [6.07, 6.45) is -1.09. The van der Waals surface area contributed by atoms with E-state index in [0.717, 1.165) is 12.1 Å². The van der Waals surface area contributed by atoms with Crippen molar-refractivity contribution >= 4 is 5.91 Å². The van der Waals surface area contributed by atoms with E-state index in [1.165, 1.54) is 13.2 Å². The van der Waals surface area contributed by atoms with Crippen molar-refractivity contribution in [1.82, 2.24) is 5.32 Å². The molecule has 6 heteroatoms. The summed E-state index contributed by atoms with van der Waals surface area (Å²) in [6.45, 7) is 0.0955. The van der Waals surface area contributed by atoms with E-state index in [0.29, 0.717) is 11.1 Å². The van der Waals surface area contributed by atoms with Crippen molar-refractivity contribution < 1.29 is 23.4 Å². The van der Waals surface area contributed by atoms with Gasteiger partial charge in [0.1, 0.15) is 0 Å². The number of ether oxygens (including phenoxy) is 1. The zero-order valence-electron chi connectivity index (χ0n) is 13.2. The van der Waals surface area contributed by atoms with Gasteiger partial charge >= 0.3 is 0 Å². The predicted molar refractivity (Wildman–Crippen MR) is 85.1 cm³/mol. The highest BCUT2D eigenvalue weighted by Crippen LogP contribution is 2.19. The third-order valence-electron chi connectivity index (χ3n) is 3.58. The molecule has 1 amide bonds. The number of carbonyl (C=O) groups is 1. The molecule has 0 bridgehead atoms. The van der Waals surface area contributed by atoms with E-state index in [9.17, 15) is 18.7 Å². The first-order valence-corrected chi connectivity index (χ1v) is 7.47. The number of nitrogens with one attached hydrogen (secondary N) is 1. The van der Waals surface area contributed by atoms with E-state index in [2.05, 4.69) is 5.32 Å². The quantitative estimate of drug-likeness (QED) is 0.818. The van der Waals surface area contributed by atoms with Gasteiger partial charge in [-0.2, -0.15) is 0 Å². The van der Waals surface area contributed by atoms with Gasteiger partial charge in [0.15, 0.2) is 11.6 Å². The number of hydrogen-bond acceptors (Lipinski definition) is 3. The molecular weight excluding hydrogens is 316 g/mol. The molecule has 2 aromatic rings. The fourth-order valence-corrected chi connectivity index (χ4v) is 2.34. The number of aliphatic hydroxyl groups is 1. The van der Waals surface area contributed by atoms with Crippen LogP contribution in [0.3, 0.4) is 0 Å². The van der Waals surface area contributed by atoms with Gasteiger partial charge in [-0.05, 0) is 23.3 Å². The van der Waals surface area contributed by atoms with Gasteiger partial charge in [0.25, 0.3) is 0 Å². The Bertz CT molecular complexity index is 679. The van der Waals surface area contributed by atoms with Gasteiger partial charge in [0.05, 0.1) is 25.2 Å². The average molecular weight is 335 g/mol. The normalized spacial score (nSPS) is 13.3. The molecule has 0 radical (unpaired) electrons.